The number of rotatable bonds is 8. The maximum Gasteiger partial charge on any atom is 0.0618 e. The molecular weight excluding hydrogens is 490 g/mol. The van der Waals surface area contributed by atoms with Gasteiger partial charge in [0.05, 0.1) is 50.8 Å². The molecule has 8 N–H and O–H groups in total. The van der Waals surface area contributed by atoms with Crippen LogP contribution >= 0.6 is 84.0 Å². The molecule has 0 aliphatic heterocycles. The van der Waals surface area contributed by atoms with Crippen LogP contribution in [0.3, 0.4) is 0 Å². The molecule has 0 amide bonds. The molecule has 0 spiro atoms. The number of hydrogen-bond acceptors (Lipinski definition) is 8. The summed E-state index contributed by atoms with van der Waals surface area (Å²) in [6, 6.07) is 0. The van der Waals surface area contributed by atoms with E-state index in [2.05, 4.69) is 0 Å². The SMILES string of the molecule is Cl.Cl.Cl.Cl.OCPCO.OCPCO.OCPCO.OCPCO. The van der Waals surface area contributed by atoms with Crippen molar-refractivity contribution in [2.75, 3.05) is 50.8 Å². The molecule has 0 unspecified atom stereocenters. The molecule has 0 rings (SSSR count). The van der Waals surface area contributed by atoms with E-state index in [4.69, 9.17) is 40.9 Å². The minimum Gasteiger partial charge on any atom is -0.392 e. The van der Waals surface area contributed by atoms with Crippen LogP contribution in [0.2, 0.25) is 0 Å². The zero-order valence-electron chi connectivity index (χ0n) is 12.9. The molecule has 0 aromatic carbocycles. The van der Waals surface area contributed by atoms with Gasteiger partial charge in [0, 0.05) is 0 Å². The second-order valence-corrected chi connectivity index (χ2v) is 6.79. The van der Waals surface area contributed by atoms with Crippen molar-refractivity contribution < 1.29 is 40.9 Å². The average molecular weight is 522 g/mol. The van der Waals surface area contributed by atoms with E-state index in [1.54, 1.807) is 0 Å². The quantitative estimate of drug-likeness (QED) is 0.206. The molecule has 0 aliphatic rings. The first kappa shape index (κ1) is 50.4. The van der Waals surface area contributed by atoms with Crippen molar-refractivity contribution in [2.45, 2.75) is 0 Å². The maximum absolute atomic E-state index is 7.92. The Morgan fingerprint density at radius 2 is 0.375 bits per heavy atom. The topological polar surface area (TPSA) is 162 Å². The summed E-state index contributed by atoms with van der Waals surface area (Å²) < 4.78 is 0. The molecule has 0 atom stereocenters. The molecule has 0 fully saturated rings. The summed E-state index contributed by atoms with van der Waals surface area (Å²) in [6.45, 7) is 0. The third-order valence-corrected chi connectivity index (χ3v) is 2.68. The fraction of sp³-hybridized carbons (Fsp3) is 1.00. The molecule has 8 nitrogen and oxygen atoms in total. The van der Waals surface area contributed by atoms with Crippen LogP contribution < -0.4 is 0 Å². The van der Waals surface area contributed by atoms with Gasteiger partial charge in [-0.1, -0.05) is 34.3 Å². The van der Waals surface area contributed by atoms with Gasteiger partial charge in [-0.05, 0) is 0 Å². The van der Waals surface area contributed by atoms with E-state index in [1.165, 1.54) is 0 Å². The van der Waals surface area contributed by atoms with E-state index < -0.39 is 0 Å². The number of aliphatic hydroxyl groups excluding tert-OH is 8. The largest absolute Gasteiger partial charge is 0.392 e. The van der Waals surface area contributed by atoms with Crippen LogP contribution in [0.5, 0.6) is 0 Å². The smallest absolute Gasteiger partial charge is 0.0618 e. The Balaban J connectivity index is -0.0000000225. The molecule has 160 valence electrons. The van der Waals surface area contributed by atoms with Crippen molar-refractivity contribution in [1.29, 1.82) is 0 Å². The molecule has 0 saturated carbocycles. The van der Waals surface area contributed by atoms with Gasteiger partial charge in [-0.3, -0.25) is 0 Å². The maximum atomic E-state index is 7.92. The second-order valence-electron chi connectivity index (χ2n) is 2.26. The Kier molecular flexibility index (Phi) is 153. The van der Waals surface area contributed by atoms with Crippen LogP contribution in [-0.2, 0) is 0 Å². The molecule has 0 aliphatic carbocycles. The van der Waals surface area contributed by atoms with Crippen molar-refractivity contribution >= 4 is 84.0 Å². The summed E-state index contributed by atoms with van der Waals surface area (Å²) in [5.41, 5.74) is 0. The molecular formula is C8H32Cl4O8P4. The first-order chi connectivity index (χ1) is 9.66. The van der Waals surface area contributed by atoms with Crippen LogP contribution in [-0.4, -0.2) is 91.6 Å². The molecule has 24 heavy (non-hydrogen) atoms. The lowest BCUT2D eigenvalue weighted by atomic mass is 11.7. The highest BCUT2D eigenvalue weighted by Crippen LogP contribution is 2.01. The zero-order valence-corrected chi connectivity index (χ0v) is 20.1. The first-order valence-electron chi connectivity index (χ1n) is 5.36. The second kappa shape index (κ2) is 72.7. The van der Waals surface area contributed by atoms with Crippen molar-refractivity contribution in [3.8, 4) is 0 Å². The van der Waals surface area contributed by atoms with E-state index in [-0.39, 0.29) is 100 Å². The minimum absolute atomic E-state index is 0. The van der Waals surface area contributed by atoms with Crippen LogP contribution in [0.4, 0.5) is 0 Å². The highest BCUT2D eigenvalue weighted by Gasteiger charge is 1.70. The Morgan fingerprint density at radius 3 is 0.375 bits per heavy atom. The van der Waals surface area contributed by atoms with E-state index in [1.807, 2.05) is 0 Å². The van der Waals surface area contributed by atoms with Gasteiger partial charge >= 0.3 is 0 Å². The summed E-state index contributed by atoms with van der Waals surface area (Å²) in [5.74, 6) is 0. The third-order valence-electron chi connectivity index (χ3n) is 0.894. The Labute approximate surface area is 175 Å². The Bertz CT molecular complexity index is 100. The van der Waals surface area contributed by atoms with E-state index in [0.29, 0.717) is 34.3 Å². The third kappa shape index (κ3) is 122. The van der Waals surface area contributed by atoms with Gasteiger partial charge in [0.2, 0.25) is 0 Å². The fourth-order valence-corrected chi connectivity index (χ4v) is 0.600. The standard InChI is InChI=1S/4C2H7O2P.4ClH/c4*3-1-5-2-4;;;;/h4*3-5H,1-2H2;4*1H. The Morgan fingerprint density at radius 1 is 0.292 bits per heavy atom. The molecule has 0 aromatic heterocycles. The minimum atomic E-state index is 0. The lowest BCUT2D eigenvalue weighted by Crippen LogP contribution is -1.70. The van der Waals surface area contributed by atoms with Crippen molar-refractivity contribution in [1.82, 2.24) is 0 Å². The van der Waals surface area contributed by atoms with Crippen LogP contribution in [0.25, 0.3) is 0 Å². The zero-order chi connectivity index (χ0) is 16.5. The normalized spacial score (nSPS) is 7.00. The lowest BCUT2D eigenvalue weighted by molar-refractivity contribution is 0.348. The van der Waals surface area contributed by atoms with Gasteiger partial charge in [-0.2, -0.15) is 0 Å². The molecule has 0 saturated heterocycles. The van der Waals surface area contributed by atoms with Crippen molar-refractivity contribution in [2.24, 2.45) is 0 Å². The van der Waals surface area contributed by atoms with Gasteiger partial charge in [0.15, 0.2) is 0 Å². The molecule has 0 aromatic rings. The molecule has 0 heterocycles. The number of aliphatic hydroxyl groups is 8. The van der Waals surface area contributed by atoms with E-state index >= 15 is 0 Å². The highest BCUT2D eigenvalue weighted by molar-refractivity contribution is 7.37. The predicted octanol–water partition coefficient (Wildman–Crippen LogP) is -0.0548. The molecule has 16 heteroatoms. The summed E-state index contributed by atoms with van der Waals surface area (Å²) in [4.78, 5) is 0. The monoisotopic (exact) mass is 520 g/mol. The first-order valence-corrected chi connectivity index (χ1v) is 11.0. The van der Waals surface area contributed by atoms with Gasteiger partial charge in [0.1, 0.15) is 0 Å². The molecule has 0 bridgehead atoms. The van der Waals surface area contributed by atoms with Crippen molar-refractivity contribution in [3.63, 3.8) is 0 Å². The van der Waals surface area contributed by atoms with Gasteiger partial charge in [0.25, 0.3) is 0 Å². The average Bonchev–Trinajstić information content (AvgIpc) is 2.44. The fourth-order valence-electron chi connectivity index (χ4n) is 0.200. The van der Waals surface area contributed by atoms with E-state index in [9.17, 15) is 0 Å². The van der Waals surface area contributed by atoms with Crippen molar-refractivity contribution in [3.05, 3.63) is 0 Å². The summed E-state index contributed by atoms with van der Waals surface area (Å²) in [7, 11) is 1.23. The van der Waals surface area contributed by atoms with Gasteiger partial charge < -0.3 is 40.9 Å². The summed E-state index contributed by atoms with van der Waals surface area (Å²) >= 11 is 0. The van der Waals surface area contributed by atoms with Crippen LogP contribution in [0, 0.1) is 0 Å². The number of hydrogen-bond donors (Lipinski definition) is 8. The van der Waals surface area contributed by atoms with Crippen LogP contribution in [0.1, 0.15) is 0 Å². The molecule has 0 radical (unpaired) electrons. The van der Waals surface area contributed by atoms with Crippen LogP contribution in [0.15, 0.2) is 0 Å². The summed E-state index contributed by atoms with van der Waals surface area (Å²) in [6.07, 6.45) is 0.972. The van der Waals surface area contributed by atoms with E-state index in [0.717, 1.165) is 0 Å². The number of halogens is 4. The summed E-state index contributed by atoms with van der Waals surface area (Å²) in [5, 5.41) is 63.3. The Hall–Kier alpha value is 2.56. The van der Waals surface area contributed by atoms with Gasteiger partial charge in [-0.25, -0.2) is 0 Å². The van der Waals surface area contributed by atoms with Gasteiger partial charge in [-0.15, -0.1) is 49.6 Å². The lowest BCUT2D eigenvalue weighted by Gasteiger charge is -1.80. The predicted molar refractivity (Wildman–Crippen MR) is 119 cm³/mol. The highest BCUT2D eigenvalue weighted by atomic mass is 35.5.